The number of esters is 1. The van der Waals surface area contributed by atoms with E-state index in [1.807, 2.05) is 48.5 Å². The Morgan fingerprint density at radius 2 is 1.44 bits per heavy atom. The molecule has 14 heteroatoms. The molecule has 4 N–H and O–H groups in total. The number of carbonyl (C=O) groups is 7. The monoisotopic (exact) mass is 766 g/mol. The van der Waals surface area contributed by atoms with E-state index in [-0.39, 0.29) is 49.9 Å². The Labute approximate surface area is 326 Å². The molecule has 1 aliphatic rings. The molecule has 0 aromatic heterocycles. The molecule has 1 aromatic carbocycles. The minimum Gasteiger partial charge on any atom is -0.458 e. The van der Waals surface area contributed by atoms with Gasteiger partial charge in [-0.15, -0.1) is 0 Å². The van der Waals surface area contributed by atoms with Gasteiger partial charge in [0.05, 0.1) is 6.04 Å². The predicted molar refractivity (Wildman–Crippen MR) is 210 cm³/mol. The van der Waals surface area contributed by atoms with Crippen molar-refractivity contribution in [3.8, 4) is 0 Å². The Hall–Kier alpha value is -4.85. The van der Waals surface area contributed by atoms with Crippen LogP contribution in [0.5, 0.6) is 0 Å². The van der Waals surface area contributed by atoms with Crippen LogP contribution in [0, 0.1) is 19.3 Å². The Morgan fingerprint density at radius 1 is 0.873 bits per heavy atom. The van der Waals surface area contributed by atoms with Crippen LogP contribution >= 0.6 is 0 Å². The van der Waals surface area contributed by atoms with Gasteiger partial charge in [0.1, 0.15) is 17.7 Å². The van der Waals surface area contributed by atoms with Gasteiger partial charge in [-0.25, -0.2) is 4.79 Å². The summed E-state index contributed by atoms with van der Waals surface area (Å²) in [6, 6.07) is 3.48. The lowest BCUT2D eigenvalue weighted by molar-refractivity contribution is -0.158. The van der Waals surface area contributed by atoms with E-state index in [0.29, 0.717) is 0 Å². The highest BCUT2D eigenvalue weighted by atomic mass is 16.6. The molecule has 14 nitrogen and oxygen atoms in total. The number of rotatable bonds is 17. The molecule has 0 saturated heterocycles. The van der Waals surface area contributed by atoms with E-state index in [9.17, 15) is 33.6 Å². The second kappa shape index (κ2) is 19.1. The molecule has 55 heavy (non-hydrogen) atoms. The van der Waals surface area contributed by atoms with Gasteiger partial charge >= 0.3 is 5.97 Å². The zero-order chi connectivity index (χ0) is 42.1. The fourth-order valence-corrected chi connectivity index (χ4v) is 6.10. The molecule has 1 aromatic rings. The fourth-order valence-electron chi connectivity index (χ4n) is 6.10. The summed E-state index contributed by atoms with van der Waals surface area (Å²) < 4.78 is 5.50. The van der Waals surface area contributed by atoms with Crippen LogP contribution < -0.4 is 21.3 Å². The summed E-state index contributed by atoms with van der Waals surface area (Å²) in [6.45, 7) is 20.2. The molecule has 1 heterocycles. The first-order chi connectivity index (χ1) is 25.3. The third-order valence-electron chi connectivity index (χ3n) is 9.26. The minimum atomic E-state index is -1.17. The second-order valence-electron chi connectivity index (χ2n) is 16.8. The van der Waals surface area contributed by atoms with Gasteiger partial charge in [0, 0.05) is 56.2 Å². The number of ether oxygens (including phenoxy) is 1. The lowest BCUT2D eigenvalue weighted by Gasteiger charge is -2.38. The second-order valence-corrected chi connectivity index (χ2v) is 16.8. The SMILES string of the molecule is CN[C@H](C(=O)NC(C(=O)N(C)C/C=C(\C)C(=O)N[C@H](CCC(=O)NCCN1C(=O)C=CC1=O)C(=O)OC(C)(C)C)C(C)(C)C)C(C)(C)c1cc(C)cc(C)c1. The first-order valence-corrected chi connectivity index (χ1v) is 18.6. The molecule has 0 spiro atoms. The summed E-state index contributed by atoms with van der Waals surface area (Å²) in [6.07, 6.45) is 3.62. The zero-order valence-electron chi connectivity index (χ0n) is 34.9. The summed E-state index contributed by atoms with van der Waals surface area (Å²) in [5.41, 5.74) is 1.25. The highest BCUT2D eigenvalue weighted by Crippen LogP contribution is 2.30. The summed E-state index contributed by atoms with van der Waals surface area (Å²) >= 11 is 0. The Kier molecular flexibility index (Phi) is 16.1. The van der Waals surface area contributed by atoms with Crippen LogP contribution in [-0.4, -0.2) is 109 Å². The number of carbonyl (C=O) groups excluding carboxylic acids is 7. The molecule has 0 saturated carbocycles. The molecular formula is C41H62N6O8. The van der Waals surface area contributed by atoms with Crippen molar-refractivity contribution < 1.29 is 38.3 Å². The maximum Gasteiger partial charge on any atom is 0.329 e. The number of benzene rings is 1. The Bertz CT molecular complexity index is 1650. The first-order valence-electron chi connectivity index (χ1n) is 18.6. The molecule has 6 amide bonds. The number of nitrogens with one attached hydrogen (secondary N) is 4. The number of amides is 6. The van der Waals surface area contributed by atoms with E-state index in [2.05, 4.69) is 39.5 Å². The summed E-state index contributed by atoms with van der Waals surface area (Å²) in [4.78, 5) is 92.6. The third-order valence-corrected chi connectivity index (χ3v) is 9.26. The van der Waals surface area contributed by atoms with E-state index in [1.165, 1.54) is 11.8 Å². The van der Waals surface area contributed by atoms with Gasteiger partial charge in [-0.3, -0.25) is 33.7 Å². The fraction of sp³-hybridized carbons (Fsp3) is 0.585. The molecule has 0 fully saturated rings. The van der Waals surface area contributed by atoms with E-state index in [4.69, 9.17) is 4.74 Å². The summed E-state index contributed by atoms with van der Waals surface area (Å²) in [5, 5.41) is 11.4. The molecule has 2 rings (SSSR count). The van der Waals surface area contributed by atoms with Gasteiger partial charge in [0.25, 0.3) is 11.8 Å². The number of imide groups is 1. The lowest BCUT2D eigenvalue weighted by atomic mass is 9.76. The van der Waals surface area contributed by atoms with Crippen molar-refractivity contribution in [2.24, 2.45) is 5.41 Å². The molecule has 0 bridgehead atoms. The maximum atomic E-state index is 13.9. The Morgan fingerprint density at radius 3 is 1.95 bits per heavy atom. The van der Waals surface area contributed by atoms with Gasteiger partial charge in [-0.2, -0.15) is 0 Å². The van der Waals surface area contributed by atoms with Gasteiger partial charge in [-0.1, -0.05) is 70.0 Å². The smallest absolute Gasteiger partial charge is 0.329 e. The van der Waals surface area contributed by atoms with E-state index in [1.54, 1.807) is 40.9 Å². The van der Waals surface area contributed by atoms with Gasteiger partial charge in [0.15, 0.2) is 0 Å². The van der Waals surface area contributed by atoms with Crippen LogP contribution in [0.4, 0.5) is 0 Å². The molecule has 0 aliphatic carbocycles. The van der Waals surface area contributed by atoms with Crippen LogP contribution in [-0.2, 0) is 43.7 Å². The standard InChI is InChI=1S/C41H62N6O8/c1-25-22-26(2)24-28(23-25)41(10,11)33(42-12)36(52)45-34(39(4,5)6)37(53)46(13)20-18-27(3)35(51)44-29(38(54)55-40(7,8)9)14-15-30(48)43-19-21-47-31(49)16-17-32(47)50/h16-18,22-24,29,33-34,42H,14-15,19-21H2,1-13H3,(H,43,48)(H,44,51)(H,45,52)/b27-18+/t29-,33-,34?/m1/s1. The largest absolute Gasteiger partial charge is 0.458 e. The average Bonchev–Trinajstić information content (AvgIpc) is 3.38. The molecular weight excluding hydrogens is 704 g/mol. The Balaban J connectivity index is 2.12. The number of nitrogens with zero attached hydrogens (tertiary/aromatic N) is 2. The van der Waals surface area contributed by atoms with Crippen LogP contribution in [0.1, 0.15) is 91.8 Å². The van der Waals surface area contributed by atoms with Gasteiger partial charge < -0.3 is 30.9 Å². The van der Waals surface area contributed by atoms with Crippen molar-refractivity contribution in [2.75, 3.05) is 33.7 Å². The van der Waals surface area contributed by atoms with Crippen molar-refractivity contribution in [1.29, 1.82) is 0 Å². The summed E-state index contributed by atoms with van der Waals surface area (Å²) in [7, 11) is 3.30. The number of aryl methyl sites for hydroxylation is 2. The van der Waals surface area contributed by atoms with Crippen molar-refractivity contribution in [1.82, 2.24) is 31.1 Å². The third kappa shape index (κ3) is 13.7. The van der Waals surface area contributed by atoms with Crippen LogP contribution in [0.2, 0.25) is 0 Å². The molecule has 1 unspecified atom stereocenters. The van der Waals surface area contributed by atoms with E-state index < -0.39 is 64.2 Å². The van der Waals surface area contributed by atoms with Gasteiger partial charge in [0.2, 0.25) is 23.6 Å². The highest BCUT2D eigenvalue weighted by Gasteiger charge is 2.41. The highest BCUT2D eigenvalue weighted by molar-refractivity contribution is 6.12. The van der Waals surface area contributed by atoms with Gasteiger partial charge in [-0.05, 0) is 66.0 Å². The normalized spacial score (nSPS) is 15.3. The average molecular weight is 767 g/mol. The van der Waals surface area contributed by atoms with Crippen molar-refractivity contribution in [3.05, 3.63) is 58.7 Å². The number of hydrogen-bond acceptors (Lipinski definition) is 9. The summed E-state index contributed by atoms with van der Waals surface area (Å²) in [5.74, 6) is -3.36. The van der Waals surface area contributed by atoms with Crippen molar-refractivity contribution >= 4 is 41.4 Å². The molecule has 304 valence electrons. The van der Waals surface area contributed by atoms with E-state index in [0.717, 1.165) is 33.7 Å². The number of likely N-dealkylation sites (N-methyl/N-ethyl adjacent to an activating group) is 2. The van der Waals surface area contributed by atoms with Crippen LogP contribution in [0.15, 0.2) is 42.0 Å². The van der Waals surface area contributed by atoms with Crippen LogP contribution in [0.3, 0.4) is 0 Å². The lowest BCUT2D eigenvalue weighted by Crippen LogP contribution is -2.60. The predicted octanol–water partition coefficient (Wildman–Crippen LogP) is 2.75. The van der Waals surface area contributed by atoms with Crippen molar-refractivity contribution in [2.45, 2.75) is 118 Å². The minimum absolute atomic E-state index is 0.00513. The molecule has 1 aliphatic heterocycles. The van der Waals surface area contributed by atoms with Crippen molar-refractivity contribution in [3.63, 3.8) is 0 Å². The topological polar surface area (TPSA) is 183 Å². The molecule has 0 radical (unpaired) electrons. The number of hydrogen-bond donors (Lipinski definition) is 4. The maximum absolute atomic E-state index is 13.9. The quantitative estimate of drug-likeness (QED) is 0.105. The zero-order valence-corrected chi connectivity index (χ0v) is 34.9. The molecule has 3 atom stereocenters. The van der Waals surface area contributed by atoms with Crippen LogP contribution in [0.25, 0.3) is 0 Å². The van der Waals surface area contributed by atoms with E-state index >= 15 is 0 Å². The first kappa shape index (κ1) is 46.3.